The number of rotatable bonds is 4. The number of carboxylic acid groups (broad SMARTS) is 1. The third kappa shape index (κ3) is 2.73. The van der Waals surface area contributed by atoms with Crippen molar-refractivity contribution in [2.24, 2.45) is 5.73 Å². The van der Waals surface area contributed by atoms with Crippen LogP contribution in [-0.2, 0) is 11.3 Å². The minimum atomic E-state index is -1.29. The lowest BCUT2D eigenvalue weighted by Crippen LogP contribution is -2.50. The van der Waals surface area contributed by atoms with Gasteiger partial charge in [0, 0.05) is 19.6 Å². The van der Waals surface area contributed by atoms with Gasteiger partial charge < -0.3 is 15.6 Å². The lowest BCUT2D eigenvalue weighted by Gasteiger charge is -2.20. The fourth-order valence-electron chi connectivity index (χ4n) is 2.38. The minimum Gasteiger partial charge on any atom is -0.491 e. The highest BCUT2D eigenvalue weighted by Gasteiger charge is 2.41. The maximum Gasteiger partial charge on any atom is 0.325 e. The summed E-state index contributed by atoms with van der Waals surface area (Å²) in [5.74, 6) is -3.04. The van der Waals surface area contributed by atoms with E-state index in [1.807, 2.05) is 0 Å². The molecule has 1 aliphatic rings. The molecule has 3 N–H and O–H groups in total. The highest BCUT2D eigenvalue weighted by Crippen LogP contribution is 2.25. The molecule has 1 aromatic carbocycles. The van der Waals surface area contributed by atoms with Gasteiger partial charge >= 0.3 is 5.97 Å². The molecule has 7 heteroatoms. The number of nitrogens with zero attached hydrogens (tertiary/aromatic N) is 1. The van der Waals surface area contributed by atoms with Crippen molar-refractivity contribution < 1.29 is 23.4 Å². The summed E-state index contributed by atoms with van der Waals surface area (Å²) >= 11 is 0. The number of methoxy groups -OCH3 is 1. The molecule has 0 radical (unpaired) electrons. The number of halogens is 2. The first-order valence-electron chi connectivity index (χ1n) is 6.12. The zero-order chi connectivity index (χ0) is 14.9. The van der Waals surface area contributed by atoms with Crippen molar-refractivity contribution in [3.05, 3.63) is 29.3 Å². The Kier molecular flexibility index (Phi) is 3.92. The third-order valence-electron chi connectivity index (χ3n) is 3.47. The number of ether oxygens (including phenoxy) is 1. The Bertz CT molecular complexity index is 515. The van der Waals surface area contributed by atoms with Crippen molar-refractivity contribution >= 4 is 5.97 Å². The predicted molar refractivity (Wildman–Crippen MR) is 67.4 cm³/mol. The molecule has 1 fully saturated rings. The molecule has 1 aromatic rings. The van der Waals surface area contributed by atoms with Crippen molar-refractivity contribution in [2.45, 2.75) is 18.5 Å². The summed E-state index contributed by atoms with van der Waals surface area (Å²) in [7, 11) is 1.19. The molecule has 5 nitrogen and oxygen atoms in total. The van der Waals surface area contributed by atoms with Crippen molar-refractivity contribution in [3.8, 4) is 5.75 Å². The van der Waals surface area contributed by atoms with Gasteiger partial charge in [-0.3, -0.25) is 9.69 Å². The standard InChI is InChI=1S/C13H16F2N2O3/c1-20-11-9(14)4-8(5-10(11)15)6-17-3-2-13(16,7-17)12(18)19/h4-5H,2-3,6-7,16H2,1H3,(H,18,19)/t13-/m0/s1. The van der Waals surface area contributed by atoms with E-state index in [4.69, 9.17) is 10.8 Å². The van der Waals surface area contributed by atoms with Crippen LogP contribution in [0, 0.1) is 11.6 Å². The van der Waals surface area contributed by atoms with Crippen LogP contribution < -0.4 is 10.5 Å². The van der Waals surface area contributed by atoms with Crippen LogP contribution in [0.1, 0.15) is 12.0 Å². The van der Waals surface area contributed by atoms with E-state index in [2.05, 4.69) is 4.74 Å². The summed E-state index contributed by atoms with van der Waals surface area (Å²) < 4.78 is 31.7. The molecule has 20 heavy (non-hydrogen) atoms. The van der Waals surface area contributed by atoms with Crippen LogP contribution >= 0.6 is 0 Å². The molecule has 2 rings (SSSR count). The fraction of sp³-hybridized carbons (Fsp3) is 0.462. The summed E-state index contributed by atoms with van der Waals surface area (Å²) in [5, 5.41) is 9.02. The Labute approximate surface area is 114 Å². The van der Waals surface area contributed by atoms with E-state index in [1.54, 1.807) is 4.90 Å². The molecular formula is C13H16F2N2O3. The Morgan fingerprint density at radius 2 is 2.10 bits per heavy atom. The van der Waals surface area contributed by atoms with Gasteiger partial charge in [0.15, 0.2) is 17.4 Å². The molecule has 0 aliphatic carbocycles. The van der Waals surface area contributed by atoms with Gasteiger partial charge in [-0.25, -0.2) is 8.78 Å². The Balaban J connectivity index is 2.11. The predicted octanol–water partition coefficient (Wildman–Crippen LogP) is 0.961. The average Bonchev–Trinajstić information content (AvgIpc) is 2.72. The Hall–Kier alpha value is -1.73. The molecule has 0 spiro atoms. The molecule has 0 amide bonds. The van der Waals surface area contributed by atoms with Gasteiger partial charge in [0.1, 0.15) is 5.54 Å². The second kappa shape index (κ2) is 5.34. The van der Waals surface area contributed by atoms with Crippen LogP contribution in [0.25, 0.3) is 0 Å². The fourth-order valence-corrected chi connectivity index (χ4v) is 2.38. The van der Waals surface area contributed by atoms with Gasteiger partial charge in [-0.15, -0.1) is 0 Å². The zero-order valence-corrected chi connectivity index (χ0v) is 11.0. The first kappa shape index (κ1) is 14.7. The van der Waals surface area contributed by atoms with E-state index in [0.717, 1.165) is 0 Å². The SMILES string of the molecule is COc1c(F)cc(CN2CC[C@@](N)(C(=O)O)C2)cc1F. The van der Waals surface area contributed by atoms with Crippen LogP contribution in [0.15, 0.2) is 12.1 Å². The summed E-state index contributed by atoms with van der Waals surface area (Å²) in [6.45, 7) is 0.861. The number of aliphatic carboxylic acids is 1. The van der Waals surface area contributed by atoms with E-state index in [1.165, 1.54) is 19.2 Å². The summed E-state index contributed by atoms with van der Waals surface area (Å²) in [5.41, 5.74) is 4.87. The van der Waals surface area contributed by atoms with Crippen LogP contribution in [0.5, 0.6) is 5.75 Å². The third-order valence-corrected chi connectivity index (χ3v) is 3.47. The molecule has 110 valence electrons. The van der Waals surface area contributed by atoms with Crippen LogP contribution in [0.2, 0.25) is 0 Å². The molecule has 1 saturated heterocycles. The molecule has 0 saturated carbocycles. The highest BCUT2D eigenvalue weighted by atomic mass is 19.1. The van der Waals surface area contributed by atoms with Crippen molar-refractivity contribution in [1.29, 1.82) is 0 Å². The van der Waals surface area contributed by atoms with Crippen molar-refractivity contribution in [2.75, 3.05) is 20.2 Å². The Morgan fingerprint density at radius 3 is 2.55 bits per heavy atom. The molecule has 0 aromatic heterocycles. The largest absolute Gasteiger partial charge is 0.491 e. The number of benzene rings is 1. The van der Waals surface area contributed by atoms with E-state index >= 15 is 0 Å². The van der Waals surface area contributed by atoms with E-state index in [0.29, 0.717) is 18.5 Å². The molecule has 0 bridgehead atoms. The van der Waals surface area contributed by atoms with Gasteiger partial charge in [-0.2, -0.15) is 0 Å². The Morgan fingerprint density at radius 1 is 1.50 bits per heavy atom. The zero-order valence-electron chi connectivity index (χ0n) is 11.0. The number of carboxylic acids is 1. The van der Waals surface area contributed by atoms with Crippen LogP contribution in [-0.4, -0.2) is 41.7 Å². The molecule has 1 heterocycles. The lowest BCUT2D eigenvalue weighted by molar-refractivity contribution is -0.142. The first-order valence-corrected chi connectivity index (χ1v) is 6.12. The monoisotopic (exact) mass is 286 g/mol. The summed E-state index contributed by atoms with van der Waals surface area (Å²) in [4.78, 5) is 12.8. The van der Waals surface area contributed by atoms with Crippen LogP contribution in [0.3, 0.4) is 0 Å². The first-order chi connectivity index (χ1) is 9.35. The van der Waals surface area contributed by atoms with Gasteiger partial charge in [-0.1, -0.05) is 0 Å². The number of likely N-dealkylation sites (tertiary alicyclic amines) is 1. The average molecular weight is 286 g/mol. The second-order valence-corrected chi connectivity index (χ2v) is 5.01. The van der Waals surface area contributed by atoms with E-state index in [-0.39, 0.29) is 13.1 Å². The number of nitrogens with two attached hydrogens (primary N) is 1. The molecule has 1 aliphatic heterocycles. The number of carbonyl (C=O) groups is 1. The van der Waals surface area contributed by atoms with Gasteiger partial charge in [0.2, 0.25) is 0 Å². The lowest BCUT2D eigenvalue weighted by atomic mass is 10.0. The van der Waals surface area contributed by atoms with Crippen molar-refractivity contribution in [1.82, 2.24) is 4.90 Å². The molecule has 1 atom stereocenters. The van der Waals surface area contributed by atoms with Crippen molar-refractivity contribution in [3.63, 3.8) is 0 Å². The quantitative estimate of drug-likeness (QED) is 0.862. The van der Waals surface area contributed by atoms with Gasteiger partial charge in [-0.05, 0) is 24.1 Å². The van der Waals surface area contributed by atoms with E-state index < -0.39 is 28.9 Å². The topological polar surface area (TPSA) is 75.8 Å². The minimum absolute atomic E-state index is 0.150. The summed E-state index contributed by atoms with van der Waals surface area (Å²) in [6, 6.07) is 2.36. The number of hydrogen-bond donors (Lipinski definition) is 2. The van der Waals surface area contributed by atoms with Crippen LogP contribution in [0.4, 0.5) is 8.78 Å². The maximum atomic E-state index is 13.6. The normalized spacial score (nSPS) is 23.0. The maximum absolute atomic E-state index is 13.6. The molecule has 0 unspecified atom stereocenters. The highest BCUT2D eigenvalue weighted by molar-refractivity contribution is 5.79. The van der Waals surface area contributed by atoms with E-state index in [9.17, 15) is 13.6 Å². The smallest absolute Gasteiger partial charge is 0.325 e. The molecular weight excluding hydrogens is 270 g/mol. The van der Waals surface area contributed by atoms with Gasteiger partial charge in [0.05, 0.1) is 7.11 Å². The summed E-state index contributed by atoms with van der Waals surface area (Å²) in [6.07, 6.45) is 0.309. The second-order valence-electron chi connectivity index (χ2n) is 5.01. The number of hydrogen-bond acceptors (Lipinski definition) is 4. The van der Waals surface area contributed by atoms with Gasteiger partial charge in [0.25, 0.3) is 0 Å².